The van der Waals surface area contributed by atoms with Gasteiger partial charge in [-0.3, -0.25) is 9.59 Å². The van der Waals surface area contributed by atoms with Crippen LogP contribution in [0.2, 0.25) is 0 Å². The maximum atomic E-state index is 12.3. The highest BCUT2D eigenvalue weighted by Crippen LogP contribution is 2.48. The van der Waals surface area contributed by atoms with Gasteiger partial charge in [-0.1, -0.05) is 12.1 Å². The van der Waals surface area contributed by atoms with Crippen molar-refractivity contribution in [3.8, 4) is 0 Å². The Hall–Kier alpha value is -2.81. The molecule has 8 nitrogen and oxygen atoms in total. The van der Waals surface area contributed by atoms with Crippen molar-refractivity contribution in [2.24, 2.45) is 5.92 Å². The zero-order valence-corrected chi connectivity index (χ0v) is 16.7. The highest BCUT2D eigenvalue weighted by Gasteiger charge is 2.42. The van der Waals surface area contributed by atoms with Gasteiger partial charge in [0.15, 0.2) is 5.82 Å². The van der Waals surface area contributed by atoms with Crippen molar-refractivity contribution in [2.75, 3.05) is 5.32 Å². The van der Waals surface area contributed by atoms with E-state index in [0.29, 0.717) is 16.8 Å². The van der Waals surface area contributed by atoms with Gasteiger partial charge in [-0.15, -0.1) is 0 Å². The number of halogens is 1. The summed E-state index contributed by atoms with van der Waals surface area (Å²) in [5, 5.41) is 5.37. The molecule has 1 fully saturated rings. The topological polar surface area (TPSA) is 113 Å². The van der Waals surface area contributed by atoms with Crippen LogP contribution < -0.4 is 10.6 Å². The summed E-state index contributed by atoms with van der Waals surface area (Å²) in [5.74, 6) is 1.29. The molecule has 0 spiro atoms. The van der Waals surface area contributed by atoms with Crippen LogP contribution in [-0.4, -0.2) is 37.8 Å². The molecule has 0 radical (unpaired) electrons. The number of hydrogen-bond acceptors (Lipinski definition) is 5. The SMILES string of the molecule is C[C@H](NC(=O)C[C@H]1C[C@H]1c1nc2ccccc2[nH]1)C(=O)Nc1cnc(Br)cn1. The number of aromatic nitrogens is 4. The summed E-state index contributed by atoms with van der Waals surface area (Å²) in [4.78, 5) is 40.5. The quantitative estimate of drug-likeness (QED) is 0.543. The van der Waals surface area contributed by atoms with Gasteiger partial charge in [-0.2, -0.15) is 0 Å². The molecule has 3 N–H and O–H groups in total. The number of imidazole rings is 1. The van der Waals surface area contributed by atoms with Crippen LogP contribution in [0.3, 0.4) is 0 Å². The number of hydrogen-bond donors (Lipinski definition) is 3. The molecule has 1 aliphatic rings. The molecule has 3 atom stereocenters. The third-order valence-corrected chi connectivity index (χ3v) is 5.18. The molecule has 1 saturated carbocycles. The van der Waals surface area contributed by atoms with Gasteiger partial charge >= 0.3 is 0 Å². The van der Waals surface area contributed by atoms with Gasteiger partial charge in [0.05, 0.1) is 23.4 Å². The number of H-pyrrole nitrogens is 1. The molecular formula is C19H19BrN6O2. The van der Waals surface area contributed by atoms with Gasteiger partial charge in [0.25, 0.3) is 0 Å². The van der Waals surface area contributed by atoms with Crippen LogP contribution in [0.15, 0.2) is 41.3 Å². The van der Waals surface area contributed by atoms with E-state index in [2.05, 4.69) is 46.5 Å². The lowest BCUT2D eigenvalue weighted by Crippen LogP contribution is -2.41. The summed E-state index contributed by atoms with van der Waals surface area (Å²) < 4.78 is 0.579. The van der Waals surface area contributed by atoms with Gasteiger partial charge in [0.1, 0.15) is 16.5 Å². The second-order valence-corrected chi connectivity index (χ2v) is 7.76. The Bertz CT molecular complexity index is 986. The molecule has 0 saturated heterocycles. The van der Waals surface area contributed by atoms with Crippen molar-refractivity contribution in [1.29, 1.82) is 0 Å². The number of carbonyl (C=O) groups excluding carboxylic acids is 2. The lowest BCUT2D eigenvalue weighted by atomic mass is 10.2. The minimum absolute atomic E-state index is 0.145. The van der Waals surface area contributed by atoms with E-state index in [-0.39, 0.29) is 23.7 Å². The average molecular weight is 443 g/mol. The Balaban J connectivity index is 1.27. The summed E-state index contributed by atoms with van der Waals surface area (Å²) in [7, 11) is 0. The van der Waals surface area contributed by atoms with E-state index >= 15 is 0 Å². The molecule has 9 heteroatoms. The van der Waals surface area contributed by atoms with Crippen LogP contribution in [0, 0.1) is 5.92 Å². The summed E-state index contributed by atoms with van der Waals surface area (Å²) in [6.45, 7) is 1.64. The van der Waals surface area contributed by atoms with E-state index in [0.717, 1.165) is 23.3 Å². The van der Waals surface area contributed by atoms with E-state index in [1.54, 1.807) is 6.92 Å². The standard InChI is InChI=1S/C19H19BrN6O2/c1-10(19(28)26-16-9-21-15(20)8-22-16)23-17(27)7-11-6-12(11)18-24-13-4-2-3-5-14(13)25-18/h2-5,8-12H,6-7H2,1H3,(H,23,27)(H,24,25)(H,22,26,28)/t10-,11+,12+/m0/s1. The number of nitrogens with zero attached hydrogens (tertiary/aromatic N) is 3. The van der Waals surface area contributed by atoms with Crippen LogP contribution in [0.1, 0.15) is 31.5 Å². The first-order valence-electron chi connectivity index (χ1n) is 9.02. The highest BCUT2D eigenvalue weighted by molar-refractivity contribution is 9.10. The second kappa shape index (κ2) is 7.67. The third-order valence-electron chi connectivity index (χ3n) is 4.77. The minimum Gasteiger partial charge on any atom is -0.345 e. The number of anilines is 1. The van der Waals surface area contributed by atoms with Crippen LogP contribution in [0.4, 0.5) is 5.82 Å². The van der Waals surface area contributed by atoms with E-state index in [9.17, 15) is 9.59 Å². The molecule has 1 aliphatic carbocycles. The Kier molecular flexibility index (Phi) is 5.08. The number of carbonyl (C=O) groups is 2. The molecule has 2 heterocycles. The van der Waals surface area contributed by atoms with Crippen molar-refractivity contribution < 1.29 is 9.59 Å². The van der Waals surface area contributed by atoms with Gasteiger partial charge < -0.3 is 15.6 Å². The minimum atomic E-state index is -0.665. The van der Waals surface area contributed by atoms with E-state index in [1.165, 1.54) is 12.4 Å². The average Bonchev–Trinajstić information content (AvgIpc) is 3.29. The zero-order valence-electron chi connectivity index (χ0n) is 15.1. The first-order chi connectivity index (χ1) is 13.5. The lowest BCUT2D eigenvalue weighted by Gasteiger charge is -2.13. The first-order valence-corrected chi connectivity index (χ1v) is 9.81. The predicted molar refractivity (Wildman–Crippen MR) is 108 cm³/mol. The first kappa shape index (κ1) is 18.5. The van der Waals surface area contributed by atoms with Gasteiger partial charge in [-0.05, 0) is 47.3 Å². The highest BCUT2D eigenvalue weighted by atomic mass is 79.9. The summed E-state index contributed by atoms with van der Waals surface area (Å²) in [6.07, 6.45) is 4.22. The fraction of sp³-hybridized carbons (Fsp3) is 0.316. The molecule has 0 aliphatic heterocycles. The lowest BCUT2D eigenvalue weighted by molar-refractivity contribution is -0.126. The largest absolute Gasteiger partial charge is 0.345 e. The third kappa shape index (κ3) is 4.19. The van der Waals surface area contributed by atoms with E-state index in [1.807, 2.05) is 24.3 Å². The molecule has 1 aromatic carbocycles. The number of para-hydroxylation sites is 2. The van der Waals surface area contributed by atoms with Gasteiger partial charge in [-0.25, -0.2) is 15.0 Å². The number of aromatic amines is 1. The maximum absolute atomic E-state index is 12.3. The Morgan fingerprint density at radius 1 is 1.29 bits per heavy atom. The maximum Gasteiger partial charge on any atom is 0.247 e. The van der Waals surface area contributed by atoms with Crippen LogP contribution >= 0.6 is 15.9 Å². The number of benzene rings is 1. The molecule has 28 heavy (non-hydrogen) atoms. The number of nitrogens with one attached hydrogen (secondary N) is 3. The number of fused-ring (bicyclic) bond motifs is 1. The van der Waals surface area contributed by atoms with Crippen molar-refractivity contribution in [1.82, 2.24) is 25.3 Å². The molecule has 144 valence electrons. The summed E-state index contributed by atoms with van der Waals surface area (Å²) >= 11 is 3.18. The van der Waals surface area contributed by atoms with Crippen molar-refractivity contribution >= 4 is 44.6 Å². The smallest absolute Gasteiger partial charge is 0.247 e. The van der Waals surface area contributed by atoms with Crippen molar-refractivity contribution in [2.45, 2.75) is 31.7 Å². The Morgan fingerprint density at radius 3 is 2.86 bits per heavy atom. The fourth-order valence-corrected chi connectivity index (χ4v) is 3.38. The predicted octanol–water partition coefficient (Wildman–Crippen LogP) is 2.75. The van der Waals surface area contributed by atoms with Crippen LogP contribution in [0.5, 0.6) is 0 Å². The molecule has 0 unspecified atom stereocenters. The summed E-state index contributed by atoms with van der Waals surface area (Å²) in [6, 6.07) is 7.22. The van der Waals surface area contributed by atoms with Crippen molar-refractivity contribution in [3.63, 3.8) is 0 Å². The molecule has 0 bridgehead atoms. The Morgan fingerprint density at radius 2 is 2.11 bits per heavy atom. The monoisotopic (exact) mass is 442 g/mol. The molecular weight excluding hydrogens is 424 g/mol. The van der Waals surface area contributed by atoms with Gasteiger partial charge in [0, 0.05) is 12.3 Å². The number of rotatable bonds is 6. The molecule has 3 aromatic rings. The fourth-order valence-electron chi connectivity index (χ4n) is 3.17. The van der Waals surface area contributed by atoms with Crippen LogP contribution in [-0.2, 0) is 9.59 Å². The second-order valence-electron chi connectivity index (χ2n) is 6.95. The molecule has 2 aromatic heterocycles. The van der Waals surface area contributed by atoms with Crippen LogP contribution in [0.25, 0.3) is 11.0 Å². The van der Waals surface area contributed by atoms with Gasteiger partial charge in [0.2, 0.25) is 11.8 Å². The zero-order chi connectivity index (χ0) is 19.7. The molecule has 4 rings (SSSR count). The van der Waals surface area contributed by atoms with Crippen molar-refractivity contribution in [3.05, 3.63) is 47.1 Å². The Labute approximate surface area is 169 Å². The number of amides is 2. The van der Waals surface area contributed by atoms with E-state index < -0.39 is 6.04 Å². The molecule has 2 amide bonds. The summed E-state index contributed by atoms with van der Waals surface area (Å²) in [5.41, 5.74) is 1.95. The normalized spacial score (nSPS) is 19.2. The van der Waals surface area contributed by atoms with E-state index in [4.69, 9.17) is 0 Å².